The van der Waals surface area contributed by atoms with Gasteiger partial charge >= 0.3 is 0 Å². The van der Waals surface area contributed by atoms with E-state index in [-0.39, 0.29) is 46.0 Å². The Balaban J connectivity index is 1.04. The van der Waals surface area contributed by atoms with Crippen LogP contribution in [0, 0.1) is 0 Å². The Morgan fingerprint density at radius 3 is 1.55 bits per heavy atom. The predicted molar refractivity (Wildman–Crippen MR) is 302 cm³/mol. The van der Waals surface area contributed by atoms with Gasteiger partial charge in [0.25, 0.3) is 0 Å². The van der Waals surface area contributed by atoms with Crippen LogP contribution < -0.4 is 20.7 Å². The number of fused-ring (bicyclic) bond motifs is 12. The monoisotopic (exact) mass is 928 g/mol. The fourth-order valence-electron chi connectivity index (χ4n) is 11.9. The van der Waals surface area contributed by atoms with Crippen LogP contribution in [0.3, 0.4) is 0 Å². The molecule has 0 bridgehead atoms. The zero-order valence-corrected chi connectivity index (χ0v) is 39.0. The highest BCUT2D eigenvalue weighted by Crippen LogP contribution is 2.41. The van der Waals surface area contributed by atoms with E-state index >= 15 is 0 Å². The molecule has 4 nitrogen and oxygen atoms in total. The van der Waals surface area contributed by atoms with Crippen LogP contribution in [0.1, 0.15) is 11.0 Å². The second kappa shape index (κ2) is 15.4. The molecule has 15 rings (SSSR count). The maximum absolute atomic E-state index is 9.38. The van der Waals surface area contributed by atoms with Crippen molar-refractivity contribution in [2.24, 2.45) is 0 Å². The van der Waals surface area contributed by atoms with E-state index in [4.69, 9.17) is 5.48 Å². The SMILES string of the molecule is [2H]c1c([2H])c([2H])c2c(c1[2H])c1c([2H])c([2H])c([2H])c([2H])c1n2-c1cccc([Si](c2ccccc2)(c2ccccc2)c2cccc3c2c2ccccc2n3-c2cccc3c2c2ccccc2n3-c2ccc3[nH]c4ccccc4c3c2)c1. The van der Waals surface area contributed by atoms with Gasteiger partial charge in [-0.2, -0.15) is 0 Å². The van der Waals surface area contributed by atoms with Gasteiger partial charge in [0.2, 0.25) is 0 Å². The molecule has 0 atom stereocenters. The van der Waals surface area contributed by atoms with E-state index in [2.05, 4.69) is 202 Å². The average molecular weight is 929 g/mol. The van der Waals surface area contributed by atoms with Gasteiger partial charge in [0, 0.05) is 65.5 Å². The molecule has 71 heavy (non-hydrogen) atoms. The molecule has 0 aliphatic carbocycles. The first kappa shape index (κ1) is 32.6. The molecule has 0 aliphatic heterocycles. The van der Waals surface area contributed by atoms with Crippen LogP contribution in [0.25, 0.3) is 104 Å². The van der Waals surface area contributed by atoms with Crippen molar-refractivity contribution in [3.8, 4) is 17.1 Å². The van der Waals surface area contributed by atoms with Crippen molar-refractivity contribution in [2.75, 3.05) is 0 Å². The highest BCUT2D eigenvalue weighted by atomic mass is 28.3. The van der Waals surface area contributed by atoms with Gasteiger partial charge < -0.3 is 18.7 Å². The van der Waals surface area contributed by atoms with Gasteiger partial charge in [0.1, 0.15) is 0 Å². The maximum atomic E-state index is 9.38. The molecule has 15 aromatic rings. The normalized spacial score (nSPS) is 13.8. The standard InChI is InChI=1S/C66H44N4Si/c1-3-21-46(22-4-1)71(47-23-5-2-6-24-47,48-25-17-20-44(42-48)68-57-32-13-8-27-50(57)51-28-9-14-33-58(51)68)64-39-19-38-63-66(64)53-30-11-16-35-60(53)70(63)62-37-18-36-61-65(62)52-29-10-15-34-59(52)69(61)45-40-41-56-54(43-45)49-26-7-12-31-55(49)67-56/h1-43,67H/i8D,9D,13D,14D,27D,28D,32D,33D. The number of rotatable bonds is 7. The molecule has 11 aromatic carbocycles. The summed E-state index contributed by atoms with van der Waals surface area (Å²) in [6, 6.07) is 71.7. The Morgan fingerprint density at radius 2 is 0.831 bits per heavy atom. The fourth-order valence-corrected chi connectivity index (χ4v) is 16.9. The lowest BCUT2D eigenvalue weighted by atomic mass is 10.1. The third-order valence-corrected chi connectivity index (χ3v) is 19.6. The number of para-hydroxylation sites is 5. The molecule has 0 spiro atoms. The zero-order chi connectivity index (χ0) is 53.6. The Bertz CT molecular complexity index is 4960. The fraction of sp³-hybridized carbons (Fsp3) is 0. The van der Waals surface area contributed by atoms with Crippen molar-refractivity contribution < 1.29 is 11.0 Å². The summed E-state index contributed by atoms with van der Waals surface area (Å²) in [6.45, 7) is 0. The lowest BCUT2D eigenvalue weighted by Gasteiger charge is -2.35. The third-order valence-electron chi connectivity index (χ3n) is 14.7. The van der Waals surface area contributed by atoms with E-state index in [1.165, 1.54) is 5.39 Å². The minimum absolute atomic E-state index is 0.0408. The molecule has 5 heteroatoms. The van der Waals surface area contributed by atoms with Crippen LogP contribution in [0.4, 0.5) is 0 Å². The lowest BCUT2D eigenvalue weighted by molar-refractivity contribution is 1.17. The highest BCUT2D eigenvalue weighted by molar-refractivity contribution is 7.20. The topological polar surface area (TPSA) is 30.6 Å². The van der Waals surface area contributed by atoms with Crippen molar-refractivity contribution in [3.63, 3.8) is 0 Å². The van der Waals surface area contributed by atoms with E-state index in [1.54, 1.807) is 4.57 Å². The van der Waals surface area contributed by atoms with Crippen LogP contribution in [0.5, 0.6) is 0 Å². The Morgan fingerprint density at radius 1 is 0.324 bits per heavy atom. The second-order valence-electron chi connectivity index (χ2n) is 18.3. The third kappa shape index (κ3) is 5.66. The molecule has 0 saturated heterocycles. The van der Waals surface area contributed by atoms with Crippen molar-refractivity contribution in [3.05, 3.63) is 261 Å². The molecule has 1 N–H and O–H groups in total. The largest absolute Gasteiger partial charge is 0.355 e. The summed E-state index contributed by atoms with van der Waals surface area (Å²) >= 11 is 0. The summed E-state index contributed by atoms with van der Waals surface area (Å²) in [7, 11) is -3.55. The minimum atomic E-state index is -3.55. The van der Waals surface area contributed by atoms with E-state index in [0.717, 1.165) is 92.2 Å². The highest BCUT2D eigenvalue weighted by Gasteiger charge is 2.43. The molecule has 0 fully saturated rings. The molecule has 332 valence electrons. The van der Waals surface area contributed by atoms with Crippen molar-refractivity contribution in [2.45, 2.75) is 0 Å². The van der Waals surface area contributed by atoms with Crippen LogP contribution in [0.15, 0.2) is 261 Å². The van der Waals surface area contributed by atoms with E-state index in [9.17, 15) is 5.48 Å². The number of benzene rings is 11. The molecule has 0 unspecified atom stereocenters. The minimum Gasteiger partial charge on any atom is -0.355 e. The Labute approximate surface area is 421 Å². The molecule has 0 amide bonds. The Hall–Kier alpha value is -9.16. The molecule has 0 aliphatic rings. The van der Waals surface area contributed by atoms with Crippen molar-refractivity contribution in [1.82, 2.24) is 18.7 Å². The van der Waals surface area contributed by atoms with Gasteiger partial charge in [0.05, 0.1) is 49.8 Å². The van der Waals surface area contributed by atoms with Gasteiger partial charge in [-0.25, -0.2) is 0 Å². The first-order valence-corrected chi connectivity index (χ1v) is 25.9. The molecule has 4 heterocycles. The Kier molecular flexibility index (Phi) is 7.07. The first-order chi connectivity index (χ1) is 38.6. The average Bonchev–Trinajstić information content (AvgIpc) is 3.50. The molecule has 0 saturated carbocycles. The van der Waals surface area contributed by atoms with Crippen LogP contribution >= 0.6 is 0 Å². The van der Waals surface area contributed by atoms with Crippen molar-refractivity contribution >= 4 is 116 Å². The maximum Gasteiger partial charge on any atom is 0.180 e. The van der Waals surface area contributed by atoms with Crippen LogP contribution in [-0.4, -0.2) is 26.8 Å². The summed E-state index contributed by atoms with van der Waals surface area (Å²) in [6.07, 6.45) is 0. The van der Waals surface area contributed by atoms with Gasteiger partial charge in [-0.1, -0.05) is 182 Å². The molecule has 0 radical (unpaired) electrons. The van der Waals surface area contributed by atoms with E-state index in [1.807, 2.05) is 24.3 Å². The van der Waals surface area contributed by atoms with Crippen molar-refractivity contribution in [1.29, 1.82) is 0 Å². The summed E-state index contributed by atoms with van der Waals surface area (Å²) in [5.41, 5.74) is 9.19. The number of H-pyrrole nitrogens is 1. The summed E-state index contributed by atoms with van der Waals surface area (Å²) in [5, 5.41) is 11.1. The van der Waals surface area contributed by atoms with Crippen LogP contribution in [0.2, 0.25) is 0 Å². The molecular weight excluding hydrogens is 877 g/mol. The number of nitrogens with zero attached hydrogens (tertiary/aromatic N) is 3. The zero-order valence-electron chi connectivity index (χ0n) is 46.0. The lowest BCUT2D eigenvalue weighted by Crippen LogP contribution is -2.74. The number of hydrogen-bond acceptors (Lipinski definition) is 0. The van der Waals surface area contributed by atoms with Gasteiger partial charge in [-0.3, -0.25) is 0 Å². The number of nitrogens with one attached hydrogen (secondary N) is 1. The summed E-state index contributed by atoms with van der Waals surface area (Å²) in [4.78, 5) is 3.61. The molecular formula is C66H44N4Si. The van der Waals surface area contributed by atoms with Gasteiger partial charge in [0.15, 0.2) is 8.07 Å². The van der Waals surface area contributed by atoms with Crippen LogP contribution in [-0.2, 0) is 0 Å². The van der Waals surface area contributed by atoms with E-state index in [0.29, 0.717) is 5.69 Å². The second-order valence-corrected chi connectivity index (χ2v) is 22.1. The van der Waals surface area contributed by atoms with E-state index < -0.39 is 32.2 Å². The first-order valence-electron chi connectivity index (χ1n) is 27.9. The predicted octanol–water partition coefficient (Wildman–Crippen LogP) is 14.0. The smallest absolute Gasteiger partial charge is 0.180 e. The summed E-state index contributed by atoms with van der Waals surface area (Å²) < 4.78 is 78.7. The number of hydrogen-bond donors (Lipinski definition) is 1. The van der Waals surface area contributed by atoms with Gasteiger partial charge in [-0.15, -0.1) is 0 Å². The summed E-state index contributed by atoms with van der Waals surface area (Å²) in [5.74, 6) is 0. The van der Waals surface area contributed by atoms with Gasteiger partial charge in [-0.05, 0) is 99.6 Å². The quantitative estimate of drug-likeness (QED) is 0.122. The number of aromatic amines is 1. The molecule has 4 aromatic heterocycles. The number of aromatic nitrogens is 4.